The monoisotopic (exact) mass is 323 g/mol. The highest BCUT2D eigenvalue weighted by Gasteiger charge is 2.32. The van der Waals surface area contributed by atoms with Crippen LogP contribution >= 0.6 is 0 Å². The number of anilines is 1. The van der Waals surface area contributed by atoms with Crippen LogP contribution in [0, 0.1) is 0 Å². The van der Waals surface area contributed by atoms with E-state index < -0.39 is 5.91 Å². The van der Waals surface area contributed by atoms with E-state index in [-0.39, 0.29) is 5.41 Å². The highest BCUT2D eigenvalue weighted by Crippen LogP contribution is 2.38. The number of pyridine rings is 1. The van der Waals surface area contributed by atoms with Crippen molar-refractivity contribution in [2.24, 2.45) is 5.73 Å². The molecular weight excluding hydrogens is 298 g/mol. The van der Waals surface area contributed by atoms with Gasteiger partial charge in [-0.1, -0.05) is 56.0 Å². The molecule has 0 atom stereocenters. The molecule has 0 saturated heterocycles. The van der Waals surface area contributed by atoms with Crippen LogP contribution in [-0.4, -0.2) is 17.4 Å². The number of aromatic nitrogens is 1. The molecule has 0 unspecified atom stereocenters. The first kappa shape index (κ1) is 16.5. The van der Waals surface area contributed by atoms with E-state index in [1.165, 1.54) is 44.1 Å². The van der Waals surface area contributed by atoms with Gasteiger partial charge in [0.05, 0.1) is 0 Å². The van der Waals surface area contributed by atoms with Crippen molar-refractivity contribution in [3.05, 3.63) is 59.9 Å². The lowest BCUT2D eigenvalue weighted by atomic mass is 9.74. The minimum Gasteiger partial charge on any atom is -0.384 e. The van der Waals surface area contributed by atoms with Crippen LogP contribution in [0.4, 0.5) is 5.69 Å². The molecule has 1 aromatic carbocycles. The third-order valence-electron chi connectivity index (χ3n) is 5.09. The van der Waals surface area contributed by atoms with Gasteiger partial charge in [0.15, 0.2) is 0 Å². The zero-order chi connectivity index (χ0) is 16.8. The maximum Gasteiger partial charge on any atom is 0.267 e. The summed E-state index contributed by atoms with van der Waals surface area (Å²) >= 11 is 0. The Hall–Kier alpha value is -2.36. The normalized spacial score (nSPS) is 17.0. The number of rotatable bonds is 5. The van der Waals surface area contributed by atoms with E-state index in [0.29, 0.717) is 5.69 Å². The van der Waals surface area contributed by atoms with Gasteiger partial charge in [-0.25, -0.2) is 0 Å². The maximum absolute atomic E-state index is 11.3. The van der Waals surface area contributed by atoms with Gasteiger partial charge < -0.3 is 11.1 Å². The summed E-state index contributed by atoms with van der Waals surface area (Å²) in [5.74, 6) is -0.495. The van der Waals surface area contributed by atoms with Crippen LogP contribution in [0.15, 0.2) is 48.7 Å². The second-order valence-electron chi connectivity index (χ2n) is 6.71. The molecular formula is C20H25N3O. The largest absolute Gasteiger partial charge is 0.384 e. The van der Waals surface area contributed by atoms with Crippen molar-refractivity contribution in [2.45, 2.75) is 43.9 Å². The summed E-state index contributed by atoms with van der Waals surface area (Å²) in [7, 11) is 0. The molecule has 24 heavy (non-hydrogen) atoms. The van der Waals surface area contributed by atoms with Crippen LogP contribution < -0.4 is 11.1 Å². The van der Waals surface area contributed by atoms with Gasteiger partial charge >= 0.3 is 0 Å². The minimum absolute atomic E-state index is 0.147. The Morgan fingerprint density at radius 3 is 2.46 bits per heavy atom. The quantitative estimate of drug-likeness (QED) is 0.820. The fraction of sp³-hybridized carbons (Fsp3) is 0.400. The second-order valence-corrected chi connectivity index (χ2v) is 6.71. The maximum atomic E-state index is 11.3. The first-order valence-electron chi connectivity index (χ1n) is 8.75. The molecule has 4 nitrogen and oxygen atoms in total. The zero-order valence-corrected chi connectivity index (χ0v) is 14.0. The average Bonchev–Trinajstić information content (AvgIpc) is 2.88. The van der Waals surface area contributed by atoms with Crippen LogP contribution in [0.5, 0.6) is 0 Å². The highest BCUT2D eigenvalue weighted by atomic mass is 16.1. The van der Waals surface area contributed by atoms with Crippen LogP contribution in [-0.2, 0) is 5.41 Å². The topological polar surface area (TPSA) is 68.0 Å². The van der Waals surface area contributed by atoms with Crippen molar-refractivity contribution in [1.29, 1.82) is 0 Å². The molecule has 1 aliphatic rings. The van der Waals surface area contributed by atoms with Crippen molar-refractivity contribution in [3.63, 3.8) is 0 Å². The third-order valence-corrected chi connectivity index (χ3v) is 5.09. The van der Waals surface area contributed by atoms with E-state index in [2.05, 4.69) is 40.6 Å². The van der Waals surface area contributed by atoms with Gasteiger partial charge in [0, 0.05) is 23.8 Å². The third kappa shape index (κ3) is 3.75. The summed E-state index contributed by atoms with van der Waals surface area (Å²) in [6, 6.07) is 14.4. The molecule has 0 aliphatic heterocycles. The van der Waals surface area contributed by atoms with E-state index in [1.807, 2.05) is 6.07 Å². The molecule has 1 aromatic heterocycles. The predicted molar refractivity (Wildman–Crippen MR) is 97.1 cm³/mol. The number of nitrogens with two attached hydrogens (primary N) is 1. The molecule has 4 heteroatoms. The van der Waals surface area contributed by atoms with Crippen molar-refractivity contribution in [1.82, 2.24) is 4.98 Å². The number of nitrogens with zero attached hydrogens (tertiary/aromatic N) is 1. The molecule has 1 amide bonds. The number of amides is 1. The van der Waals surface area contributed by atoms with E-state index in [4.69, 9.17) is 5.73 Å². The van der Waals surface area contributed by atoms with Crippen LogP contribution in [0.1, 0.15) is 54.6 Å². The van der Waals surface area contributed by atoms with E-state index in [0.717, 1.165) is 12.2 Å². The molecule has 1 saturated carbocycles. The van der Waals surface area contributed by atoms with Gasteiger partial charge in [-0.15, -0.1) is 0 Å². The second kappa shape index (κ2) is 7.47. The predicted octanol–water partition coefficient (Wildman–Crippen LogP) is 3.88. The average molecular weight is 323 g/mol. The fourth-order valence-corrected chi connectivity index (χ4v) is 3.71. The van der Waals surface area contributed by atoms with Gasteiger partial charge in [-0.3, -0.25) is 9.78 Å². The smallest absolute Gasteiger partial charge is 0.267 e. The van der Waals surface area contributed by atoms with Crippen LogP contribution in [0.3, 0.4) is 0 Å². The number of primary amides is 1. The summed E-state index contributed by atoms with van der Waals surface area (Å²) in [4.78, 5) is 15.3. The Morgan fingerprint density at radius 1 is 1.08 bits per heavy atom. The van der Waals surface area contributed by atoms with Gasteiger partial charge in [0.25, 0.3) is 5.91 Å². The Morgan fingerprint density at radius 2 is 1.79 bits per heavy atom. The molecule has 1 aliphatic carbocycles. The van der Waals surface area contributed by atoms with Gasteiger partial charge in [0.2, 0.25) is 0 Å². The van der Waals surface area contributed by atoms with Crippen molar-refractivity contribution in [3.8, 4) is 0 Å². The fourth-order valence-electron chi connectivity index (χ4n) is 3.71. The van der Waals surface area contributed by atoms with E-state index >= 15 is 0 Å². The molecule has 1 fully saturated rings. The van der Waals surface area contributed by atoms with E-state index in [1.54, 1.807) is 12.3 Å². The van der Waals surface area contributed by atoms with Gasteiger partial charge in [-0.2, -0.15) is 0 Å². The summed E-state index contributed by atoms with van der Waals surface area (Å²) in [5.41, 5.74) is 8.08. The van der Waals surface area contributed by atoms with Crippen molar-refractivity contribution < 1.29 is 4.79 Å². The van der Waals surface area contributed by atoms with Crippen LogP contribution in [0.25, 0.3) is 0 Å². The first-order valence-corrected chi connectivity index (χ1v) is 8.75. The van der Waals surface area contributed by atoms with E-state index in [9.17, 15) is 4.79 Å². The number of nitrogens with one attached hydrogen (secondary N) is 1. The molecule has 3 N–H and O–H groups in total. The summed E-state index contributed by atoms with van der Waals surface area (Å²) in [5, 5.41) is 3.53. The van der Waals surface area contributed by atoms with Crippen LogP contribution in [0.2, 0.25) is 0 Å². The Kier molecular flexibility index (Phi) is 5.14. The molecule has 3 rings (SSSR count). The lowest BCUT2D eigenvalue weighted by Gasteiger charge is -2.34. The van der Waals surface area contributed by atoms with Crippen molar-refractivity contribution in [2.75, 3.05) is 11.9 Å². The number of benzene rings is 1. The highest BCUT2D eigenvalue weighted by molar-refractivity contribution is 5.91. The Balaban J connectivity index is 1.82. The minimum atomic E-state index is -0.495. The number of hydrogen-bond acceptors (Lipinski definition) is 3. The molecule has 0 spiro atoms. The molecule has 0 bridgehead atoms. The van der Waals surface area contributed by atoms with Crippen molar-refractivity contribution >= 4 is 11.6 Å². The number of hydrogen-bond donors (Lipinski definition) is 2. The lowest BCUT2D eigenvalue weighted by molar-refractivity contribution is 0.0995. The number of carbonyl (C=O) groups excluding carboxylic acids is 1. The molecule has 126 valence electrons. The Labute approximate surface area is 143 Å². The SMILES string of the molecule is NC(=O)c1cc(NCC2(c3ccccc3)CCCCCC2)ccn1. The van der Waals surface area contributed by atoms with Gasteiger partial charge in [0.1, 0.15) is 5.69 Å². The zero-order valence-electron chi connectivity index (χ0n) is 14.0. The molecule has 2 aromatic rings. The van der Waals surface area contributed by atoms with Gasteiger partial charge in [-0.05, 0) is 30.5 Å². The summed E-state index contributed by atoms with van der Waals surface area (Å²) < 4.78 is 0. The summed E-state index contributed by atoms with van der Waals surface area (Å²) in [6.45, 7) is 0.860. The Bertz CT molecular complexity index is 676. The summed E-state index contributed by atoms with van der Waals surface area (Å²) in [6.07, 6.45) is 9.17. The number of carbonyl (C=O) groups is 1. The first-order chi connectivity index (χ1) is 11.7. The molecule has 0 radical (unpaired) electrons. The standard InChI is InChI=1S/C20H25N3O/c21-19(24)18-14-17(10-13-22-18)23-15-20(11-6-1-2-7-12-20)16-8-4-3-5-9-16/h3-5,8-10,13-14H,1-2,6-7,11-12,15H2,(H2,21,24)(H,22,23). The lowest BCUT2D eigenvalue weighted by Crippen LogP contribution is -2.34. The molecule has 1 heterocycles.